The summed E-state index contributed by atoms with van der Waals surface area (Å²) in [6, 6.07) is 0. The predicted octanol–water partition coefficient (Wildman–Crippen LogP) is 2.72. The Morgan fingerprint density at radius 3 is 2.67 bits per heavy atom. The van der Waals surface area contributed by atoms with Crippen molar-refractivity contribution in [2.75, 3.05) is 6.61 Å². The van der Waals surface area contributed by atoms with Crippen LogP contribution in [0.2, 0.25) is 0 Å². The summed E-state index contributed by atoms with van der Waals surface area (Å²) in [5.74, 6) is -0.113. The van der Waals surface area contributed by atoms with Crippen molar-refractivity contribution in [3.05, 3.63) is 12.7 Å². The van der Waals surface area contributed by atoms with Crippen molar-refractivity contribution in [2.24, 2.45) is 0 Å². The van der Waals surface area contributed by atoms with Gasteiger partial charge in [-0.3, -0.25) is 4.79 Å². The molecular formula is C9H17ClO2. The molecule has 0 fully saturated rings. The molecule has 2 nitrogen and oxygen atoms in total. The van der Waals surface area contributed by atoms with Gasteiger partial charge in [0, 0.05) is 6.42 Å². The van der Waals surface area contributed by atoms with Crippen molar-refractivity contribution in [3.63, 3.8) is 0 Å². The van der Waals surface area contributed by atoms with E-state index in [0.717, 1.165) is 19.3 Å². The van der Waals surface area contributed by atoms with E-state index < -0.39 is 0 Å². The monoisotopic (exact) mass is 192 g/mol. The molecule has 0 aromatic heterocycles. The number of hydrogen-bond acceptors (Lipinski definition) is 2. The van der Waals surface area contributed by atoms with Crippen molar-refractivity contribution in [2.45, 2.75) is 32.6 Å². The van der Waals surface area contributed by atoms with E-state index in [1.54, 1.807) is 6.08 Å². The maximum absolute atomic E-state index is 10.8. The van der Waals surface area contributed by atoms with E-state index in [2.05, 4.69) is 13.5 Å². The Kier molecular flexibility index (Phi) is 12.3. The van der Waals surface area contributed by atoms with Crippen LogP contribution in [0.4, 0.5) is 0 Å². The molecule has 0 aliphatic rings. The Morgan fingerprint density at radius 2 is 2.17 bits per heavy atom. The van der Waals surface area contributed by atoms with Gasteiger partial charge in [0.2, 0.25) is 0 Å². The standard InChI is InChI=1S/C9H16O2.ClH/c1-3-5-6-7-9(10)11-8-4-2;/h4H,2-3,5-8H2,1H3;1H. The molecule has 72 valence electrons. The van der Waals surface area contributed by atoms with Gasteiger partial charge in [-0.25, -0.2) is 0 Å². The molecule has 12 heavy (non-hydrogen) atoms. The van der Waals surface area contributed by atoms with Crippen LogP contribution in [0, 0.1) is 0 Å². The molecule has 0 spiro atoms. The number of hydrogen-bond donors (Lipinski definition) is 0. The fourth-order valence-corrected chi connectivity index (χ4v) is 0.743. The minimum Gasteiger partial charge on any atom is -0.461 e. The van der Waals surface area contributed by atoms with Crippen LogP contribution in [0.1, 0.15) is 32.6 Å². The molecule has 0 bridgehead atoms. The molecule has 0 atom stereocenters. The van der Waals surface area contributed by atoms with Crippen LogP contribution in [0.15, 0.2) is 12.7 Å². The zero-order valence-electron chi connectivity index (χ0n) is 7.54. The molecule has 0 saturated heterocycles. The summed E-state index contributed by atoms with van der Waals surface area (Å²) in [6.07, 6.45) is 5.30. The van der Waals surface area contributed by atoms with Crippen LogP contribution in [-0.2, 0) is 9.53 Å². The Labute approximate surface area is 80.4 Å². The SMILES string of the molecule is C=CCOC(=O)CCCCC.Cl. The average molecular weight is 193 g/mol. The number of halogens is 1. The van der Waals surface area contributed by atoms with E-state index >= 15 is 0 Å². The van der Waals surface area contributed by atoms with Gasteiger partial charge in [0.1, 0.15) is 6.61 Å². The van der Waals surface area contributed by atoms with Gasteiger partial charge in [-0.05, 0) is 6.42 Å². The second-order valence-electron chi connectivity index (χ2n) is 2.43. The molecule has 0 heterocycles. The number of carbonyl (C=O) groups excluding carboxylic acids is 1. The topological polar surface area (TPSA) is 26.3 Å². The second kappa shape index (κ2) is 10.5. The minimum atomic E-state index is -0.113. The summed E-state index contributed by atoms with van der Waals surface area (Å²) in [4.78, 5) is 10.8. The lowest BCUT2D eigenvalue weighted by molar-refractivity contribution is -0.142. The first-order valence-corrected chi connectivity index (χ1v) is 4.07. The lowest BCUT2D eigenvalue weighted by Crippen LogP contribution is -2.03. The fourth-order valence-electron chi connectivity index (χ4n) is 0.743. The molecule has 0 radical (unpaired) electrons. The molecule has 0 unspecified atom stereocenters. The lowest BCUT2D eigenvalue weighted by atomic mass is 10.2. The second-order valence-corrected chi connectivity index (χ2v) is 2.43. The van der Waals surface area contributed by atoms with E-state index in [0.29, 0.717) is 13.0 Å². The largest absolute Gasteiger partial charge is 0.461 e. The van der Waals surface area contributed by atoms with E-state index in [1.165, 1.54) is 0 Å². The number of unbranched alkanes of at least 4 members (excludes halogenated alkanes) is 2. The van der Waals surface area contributed by atoms with Crippen molar-refractivity contribution in [3.8, 4) is 0 Å². The molecule has 0 aromatic rings. The molecule has 0 N–H and O–H groups in total. The Balaban J connectivity index is 0. The first kappa shape index (κ1) is 14.0. The van der Waals surface area contributed by atoms with Gasteiger partial charge in [-0.1, -0.05) is 32.4 Å². The van der Waals surface area contributed by atoms with Crippen LogP contribution in [0.25, 0.3) is 0 Å². The molecular weight excluding hydrogens is 176 g/mol. The third-order valence-electron chi connectivity index (χ3n) is 1.35. The highest BCUT2D eigenvalue weighted by molar-refractivity contribution is 5.85. The summed E-state index contributed by atoms with van der Waals surface area (Å²) in [6.45, 7) is 5.90. The van der Waals surface area contributed by atoms with Crippen molar-refractivity contribution >= 4 is 18.4 Å². The maximum Gasteiger partial charge on any atom is 0.306 e. The number of carbonyl (C=O) groups is 1. The number of rotatable bonds is 6. The molecule has 0 saturated carbocycles. The van der Waals surface area contributed by atoms with E-state index in [9.17, 15) is 4.79 Å². The Bertz CT molecular complexity index is 124. The van der Waals surface area contributed by atoms with Gasteiger partial charge >= 0.3 is 5.97 Å². The summed E-state index contributed by atoms with van der Waals surface area (Å²) < 4.78 is 4.78. The smallest absolute Gasteiger partial charge is 0.306 e. The van der Waals surface area contributed by atoms with E-state index in [4.69, 9.17) is 4.74 Å². The molecule has 0 aromatic carbocycles. The van der Waals surface area contributed by atoms with Crippen LogP contribution in [0.5, 0.6) is 0 Å². The summed E-state index contributed by atoms with van der Waals surface area (Å²) >= 11 is 0. The van der Waals surface area contributed by atoms with Gasteiger partial charge in [0.05, 0.1) is 0 Å². The summed E-state index contributed by atoms with van der Waals surface area (Å²) in [5, 5.41) is 0. The normalized spacial score (nSPS) is 8.42. The zero-order valence-corrected chi connectivity index (χ0v) is 8.36. The van der Waals surface area contributed by atoms with Gasteiger partial charge in [-0.15, -0.1) is 12.4 Å². The van der Waals surface area contributed by atoms with Crippen LogP contribution >= 0.6 is 12.4 Å². The molecule has 0 rings (SSSR count). The zero-order chi connectivity index (χ0) is 8.53. The van der Waals surface area contributed by atoms with E-state index in [1.807, 2.05) is 0 Å². The van der Waals surface area contributed by atoms with Gasteiger partial charge < -0.3 is 4.74 Å². The highest BCUT2D eigenvalue weighted by atomic mass is 35.5. The molecule has 3 heteroatoms. The van der Waals surface area contributed by atoms with Crippen LogP contribution < -0.4 is 0 Å². The number of esters is 1. The Morgan fingerprint density at radius 1 is 1.50 bits per heavy atom. The van der Waals surface area contributed by atoms with E-state index in [-0.39, 0.29) is 18.4 Å². The molecule has 0 aliphatic carbocycles. The highest BCUT2D eigenvalue weighted by Gasteiger charge is 1.99. The average Bonchev–Trinajstić information content (AvgIpc) is 2.01. The number of ether oxygens (including phenoxy) is 1. The predicted molar refractivity (Wildman–Crippen MR) is 52.5 cm³/mol. The van der Waals surface area contributed by atoms with Crippen molar-refractivity contribution < 1.29 is 9.53 Å². The van der Waals surface area contributed by atoms with Crippen molar-refractivity contribution in [1.82, 2.24) is 0 Å². The van der Waals surface area contributed by atoms with Gasteiger partial charge in [-0.2, -0.15) is 0 Å². The van der Waals surface area contributed by atoms with Crippen molar-refractivity contribution in [1.29, 1.82) is 0 Å². The first-order chi connectivity index (χ1) is 5.31. The Hall–Kier alpha value is -0.500. The molecule has 0 amide bonds. The summed E-state index contributed by atoms with van der Waals surface area (Å²) in [5.41, 5.74) is 0. The maximum atomic E-state index is 10.8. The highest BCUT2D eigenvalue weighted by Crippen LogP contribution is 1.99. The third-order valence-corrected chi connectivity index (χ3v) is 1.35. The van der Waals surface area contributed by atoms with Gasteiger partial charge in [0.25, 0.3) is 0 Å². The lowest BCUT2D eigenvalue weighted by Gasteiger charge is -1.99. The fraction of sp³-hybridized carbons (Fsp3) is 0.667. The van der Waals surface area contributed by atoms with Crippen LogP contribution in [-0.4, -0.2) is 12.6 Å². The van der Waals surface area contributed by atoms with Crippen LogP contribution in [0.3, 0.4) is 0 Å². The van der Waals surface area contributed by atoms with Gasteiger partial charge in [0.15, 0.2) is 0 Å². The molecule has 0 aliphatic heterocycles. The summed E-state index contributed by atoms with van der Waals surface area (Å²) in [7, 11) is 0. The first-order valence-electron chi connectivity index (χ1n) is 4.07. The third kappa shape index (κ3) is 9.50. The minimum absolute atomic E-state index is 0. The quantitative estimate of drug-likeness (QED) is 0.368.